The molecule has 1 heterocycles. The van der Waals surface area contributed by atoms with Gasteiger partial charge in [0.05, 0.1) is 0 Å². The second-order valence-electron chi connectivity index (χ2n) is 5.44. The van der Waals surface area contributed by atoms with Crippen molar-refractivity contribution in [2.24, 2.45) is 0 Å². The van der Waals surface area contributed by atoms with Gasteiger partial charge in [-0.15, -0.1) is 0 Å². The van der Waals surface area contributed by atoms with Gasteiger partial charge in [-0.2, -0.15) is 0 Å². The number of rotatable bonds is 2. The van der Waals surface area contributed by atoms with Gasteiger partial charge in [-0.3, -0.25) is 0 Å². The average Bonchev–Trinajstić information content (AvgIpc) is 1.95. The molecule has 1 aliphatic rings. The standard InChI is InChI=1S/C9H22NO4P/c1-8(2)6-5-7-9(3,4)10(8)14-15(11,12)13/h11-13,15H,5-7H2,1-4H3. The first-order chi connectivity index (χ1) is 6.55. The van der Waals surface area contributed by atoms with Crippen LogP contribution >= 0.6 is 8.17 Å². The molecule has 0 aromatic rings. The van der Waals surface area contributed by atoms with Crippen LogP contribution in [0.4, 0.5) is 0 Å². The van der Waals surface area contributed by atoms with Gasteiger partial charge >= 0.3 is 90.6 Å². The SMILES string of the molecule is CC1(C)CCCC(C)(C)N1O[PH](O)(O)O. The molecule has 1 rings (SSSR count). The van der Waals surface area contributed by atoms with Crippen molar-refractivity contribution in [2.45, 2.75) is 58.0 Å². The van der Waals surface area contributed by atoms with E-state index in [1.165, 1.54) is 5.06 Å². The minimum atomic E-state index is -4.50. The topological polar surface area (TPSA) is 73.2 Å². The van der Waals surface area contributed by atoms with Crippen molar-refractivity contribution in [3.63, 3.8) is 0 Å². The summed E-state index contributed by atoms with van der Waals surface area (Å²) in [6.07, 6.45) is 2.87. The Kier molecular flexibility index (Phi) is 3.47. The summed E-state index contributed by atoms with van der Waals surface area (Å²) in [6, 6.07) is 0. The Morgan fingerprint density at radius 1 is 1.00 bits per heavy atom. The summed E-state index contributed by atoms with van der Waals surface area (Å²) in [7, 11) is -4.50. The van der Waals surface area contributed by atoms with Crippen LogP contribution in [0, 0.1) is 0 Å². The van der Waals surface area contributed by atoms with E-state index < -0.39 is 8.17 Å². The van der Waals surface area contributed by atoms with Crippen molar-refractivity contribution in [1.82, 2.24) is 5.06 Å². The number of nitrogens with zero attached hydrogens (tertiary/aromatic N) is 1. The van der Waals surface area contributed by atoms with Crippen molar-refractivity contribution in [3.8, 4) is 0 Å². The van der Waals surface area contributed by atoms with Crippen molar-refractivity contribution in [3.05, 3.63) is 0 Å². The molecule has 1 aliphatic heterocycles. The third kappa shape index (κ3) is 3.34. The average molecular weight is 239 g/mol. The van der Waals surface area contributed by atoms with Gasteiger partial charge in [0.25, 0.3) is 0 Å². The fourth-order valence-corrected chi connectivity index (χ4v) is 3.08. The molecule has 0 unspecified atom stereocenters. The molecule has 1 fully saturated rings. The van der Waals surface area contributed by atoms with E-state index in [0.29, 0.717) is 0 Å². The molecule has 1 saturated heterocycles. The Bertz CT molecular complexity index is 221. The zero-order chi connectivity index (χ0) is 11.9. The number of hydrogen-bond acceptors (Lipinski definition) is 5. The molecule has 15 heavy (non-hydrogen) atoms. The van der Waals surface area contributed by atoms with Crippen LogP contribution in [0.25, 0.3) is 0 Å². The third-order valence-electron chi connectivity index (χ3n) is 2.89. The summed E-state index contributed by atoms with van der Waals surface area (Å²) in [6.45, 7) is 7.87. The van der Waals surface area contributed by atoms with Crippen LogP contribution in [0.3, 0.4) is 0 Å². The molecule has 0 amide bonds. The molecular weight excluding hydrogens is 217 g/mol. The number of piperidine rings is 1. The Hall–Kier alpha value is 0.230. The minimum absolute atomic E-state index is 0.297. The Labute approximate surface area is 91.3 Å². The Morgan fingerprint density at radius 2 is 1.40 bits per heavy atom. The summed E-state index contributed by atoms with van der Waals surface area (Å²) < 4.78 is 4.95. The van der Waals surface area contributed by atoms with E-state index in [9.17, 15) is 0 Å². The third-order valence-corrected chi connectivity index (χ3v) is 3.32. The molecule has 0 bridgehead atoms. The van der Waals surface area contributed by atoms with E-state index in [1.54, 1.807) is 0 Å². The predicted octanol–water partition coefficient (Wildman–Crippen LogP) is 1.35. The van der Waals surface area contributed by atoms with E-state index in [1.807, 2.05) is 27.7 Å². The molecule has 0 atom stereocenters. The van der Waals surface area contributed by atoms with Gasteiger partial charge in [-0.05, 0) is 0 Å². The summed E-state index contributed by atoms with van der Waals surface area (Å²) in [5.41, 5.74) is -0.595. The Balaban J connectivity index is 2.87. The quantitative estimate of drug-likeness (QED) is 0.634. The van der Waals surface area contributed by atoms with Crippen molar-refractivity contribution in [2.75, 3.05) is 0 Å². The van der Waals surface area contributed by atoms with Gasteiger partial charge in [-0.1, -0.05) is 0 Å². The van der Waals surface area contributed by atoms with Gasteiger partial charge in [0.1, 0.15) is 0 Å². The van der Waals surface area contributed by atoms with Crippen molar-refractivity contribution < 1.29 is 19.3 Å². The normalized spacial score (nSPS) is 27.7. The zero-order valence-electron chi connectivity index (χ0n) is 9.82. The molecule has 5 nitrogen and oxygen atoms in total. The van der Waals surface area contributed by atoms with Gasteiger partial charge in [0.2, 0.25) is 0 Å². The van der Waals surface area contributed by atoms with Crippen LogP contribution in [0.15, 0.2) is 0 Å². The van der Waals surface area contributed by atoms with Gasteiger partial charge in [-0.25, -0.2) is 0 Å². The van der Waals surface area contributed by atoms with Crippen LogP contribution in [-0.2, 0) is 4.62 Å². The maximum atomic E-state index is 9.02. The van der Waals surface area contributed by atoms with Crippen molar-refractivity contribution in [1.29, 1.82) is 0 Å². The van der Waals surface area contributed by atoms with E-state index in [2.05, 4.69) is 0 Å². The number of hydroxylamine groups is 2. The van der Waals surface area contributed by atoms with E-state index >= 15 is 0 Å². The summed E-state index contributed by atoms with van der Waals surface area (Å²) in [5, 5.41) is 1.54. The van der Waals surface area contributed by atoms with Crippen molar-refractivity contribution >= 4 is 8.17 Å². The molecule has 0 aromatic heterocycles. The molecule has 0 aliphatic carbocycles. The molecule has 3 N–H and O–H groups in total. The first-order valence-corrected chi connectivity index (χ1v) is 6.96. The van der Waals surface area contributed by atoms with E-state index in [-0.39, 0.29) is 11.1 Å². The molecule has 0 spiro atoms. The second-order valence-corrected chi connectivity index (χ2v) is 6.77. The predicted molar refractivity (Wildman–Crippen MR) is 59.9 cm³/mol. The van der Waals surface area contributed by atoms with Gasteiger partial charge in [0.15, 0.2) is 0 Å². The summed E-state index contributed by atoms with van der Waals surface area (Å²) >= 11 is 0. The first-order valence-electron chi connectivity index (χ1n) is 5.21. The van der Waals surface area contributed by atoms with Gasteiger partial charge in [0, 0.05) is 0 Å². The molecule has 6 heteroatoms. The fraction of sp³-hybridized carbons (Fsp3) is 1.00. The summed E-state index contributed by atoms with van der Waals surface area (Å²) in [4.78, 5) is 27.1. The molecule has 0 aromatic carbocycles. The van der Waals surface area contributed by atoms with Crippen LogP contribution in [0.5, 0.6) is 0 Å². The molecule has 0 saturated carbocycles. The first kappa shape index (κ1) is 13.3. The van der Waals surface area contributed by atoms with Crippen LogP contribution < -0.4 is 0 Å². The second kappa shape index (κ2) is 3.91. The zero-order valence-corrected chi connectivity index (χ0v) is 10.8. The van der Waals surface area contributed by atoms with Gasteiger partial charge < -0.3 is 0 Å². The molecular formula is C9H22NO4P. The number of hydrogen-bond donors (Lipinski definition) is 3. The maximum absolute atomic E-state index is 9.02. The van der Waals surface area contributed by atoms with Crippen LogP contribution in [0.1, 0.15) is 47.0 Å². The Morgan fingerprint density at radius 3 is 1.73 bits per heavy atom. The molecule has 92 valence electrons. The molecule has 0 radical (unpaired) electrons. The van der Waals surface area contributed by atoms with Crippen LogP contribution in [0.2, 0.25) is 0 Å². The van der Waals surface area contributed by atoms with E-state index in [4.69, 9.17) is 19.3 Å². The monoisotopic (exact) mass is 239 g/mol. The van der Waals surface area contributed by atoms with E-state index in [0.717, 1.165) is 19.3 Å². The summed E-state index contributed by atoms with van der Waals surface area (Å²) in [5.74, 6) is 0. The van der Waals surface area contributed by atoms with Crippen LogP contribution in [-0.4, -0.2) is 30.8 Å². The fourth-order valence-electron chi connectivity index (χ4n) is 2.35.